The number of halogens is 1. The molecule has 0 fully saturated rings. The number of pyridine rings is 1. The fourth-order valence-corrected chi connectivity index (χ4v) is 1.77. The van der Waals surface area contributed by atoms with Crippen LogP contribution in [-0.2, 0) is 11.3 Å². The quantitative estimate of drug-likeness (QED) is 0.810. The van der Waals surface area contributed by atoms with Crippen LogP contribution in [0.1, 0.15) is 12.5 Å². The molecule has 5 heteroatoms. The van der Waals surface area contributed by atoms with E-state index >= 15 is 0 Å². The second-order valence-electron chi connectivity index (χ2n) is 3.74. The molecule has 0 atom stereocenters. The van der Waals surface area contributed by atoms with Crippen LogP contribution in [0.5, 0.6) is 0 Å². The molecule has 0 unspecified atom stereocenters. The number of ether oxygens (including phenoxy) is 1. The first-order valence-corrected chi connectivity index (χ1v) is 6.13. The molecule has 0 aliphatic heterocycles. The van der Waals surface area contributed by atoms with Gasteiger partial charge in [0.05, 0.1) is 11.6 Å². The van der Waals surface area contributed by atoms with Crippen molar-refractivity contribution in [2.75, 3.05) is 38.8 Å². The van der Waals surface area contributed by atoms with Gasteiger partial charge in [-0.3, -0.25) is 0 Å². The SMILES string of the molecule is CCN(CCOC)c1cc(CNC)c(Cl)cn1. The second-order valence-corrected chi connectivity index (χ2v) is 4.14. The lowest BCUT2D eigenvalue weighted by atomic mass is 10.2. The van der Waals surface area contributed by atoms with Gasteiger partial charge >= 0.3 is 0 Å². The largest absolute Gasteiger partial charge is 0.383 e. The number of likely N-dealkylation sites (N-methyl/N-ethyl adjacent to an activating group) is 1. The van der Waals surface area contributed by atoms with Crippen molar-refractivity contribution in [1.82, 2.24) is 10.3 Å². The van der Waals surface area contributed by atoms with Gasteiger partial charge in [-0.25, -0.2) is 4.98 Å². The number of aromatic nitrogens is 1. The van der Waals surface area contributed by atoms with E-state index < -0.39 is 0 Å². The van der Waals surface area contributed by atoms with E-state index in [0.29, 0.717) is 11.6 Å². The Balaban J connectivity index is 2.84. The monoisotopic (exact) mass is 257 g/mol. The number of hydrogen-bond donors (Lipinski definition) is 1. The normalized spacial score (nSPS) is 10.6. The van der Waals surface area contributed by atoms with Crippen molar-refractivity contribution in [3.05, 3.63) is 22.8 Å². The second kappa shape index (κ2) is 7.48. The van der Waals surface area contributed by atoms with Crippen LogP contribution >= 0.6 is 11.6 Å². The van der Waals surface area contributed by atoms with Gasteiger partial charge < -0.3 is 15.0 Å². The van der Waals surface area contributed by atoms with Crippen molar-refractivity contribution in [2.24, 2.45) is 0 Å². The molecule has 0 aliphatic rings. The molecule has 96 valence electrons. The fourth-order valence-electron chi connectivity index (χ4n) is 1.60. The molecule has 1 N–H and O–H groups in total. The van der Waals surface area contributed by atoms with E-state index in [-0.39, 0.29) is 0 Å². The lowest BCUT2D eigenvalue weighted by Crippen LogP contribution is -2.27. The molecule has 4 nitrogen and oxygen atoms in total. The topological polar surface area (TPSA) is 37.4 Å². The highest BCUT2D eigenvalue weighted by Gasteiger charge is 2.08. The summed E-state index contributed by atoms with van der Waals surface area (Å²) in [6.07, 6.45) is 1.71. The summed E-state index contributed by atoms with van der Waals surface area (Å²) in [4.78, 5) is 6.52. The van der Waals surface area contributed by atoms with Crippen molar-refractivity contribution in [3.8, 4) is 0 Å². The zero-order valence-corrected chi connectivity index (χ0v) is 11.4. The molecule has 0 amide bonds. The zero-order valence-electron chi connectivity index (χ0n) is 10.7. The lowest BCUT2D eigenvalue weighted by Gasteiger charge is -2.22. The number of rotatable bonds is 7. The van der Waals surface area contributed by atoms with Crippen molar-refractivity contribution in [3.63, 3.8) is 0 Å². The standard InChI is InChI=1S/C12H20ClN3O/c1-4-16(5-6-17-3)12-7-10(8-14-2)11(13)9-15-12/h7,9,14H,4-6,8H2,1-3H3. The lowest BCUT2D eigenvalue weighted by molar-refractivity contribution is 0.205. The van der Waals surface area contributed by atoms with Gasteiger partial charge in [-0.1, -0.05) is 11.6 Å². The Hall–Kier alpha value is -0.840. The van der Waals surface area contributed by atoms with Crippen molar-refractivity contribution >= 4 is 17.4 Å². The summed E-state index contributed by atoms with van der Waals surface area (Å²) in [5.74, 6) is 0.944. The predicted octanol–water partition coefficient (Wildman–Crippen LogP) is 1.93. The maximum Gasteiger partial charge on any atom is 0.128 e. The van der Waals surface area contributed by atoms with Crippen molar-refractivity contribution in [1.29, 1.82) is 0 Å². The maximum atomic E-state index is 6.08. The summed E-state index contributed by atoms with van der Waals surface area (Å²) in [6, 6.07) is 2.03. The third-order valence-corrected chi connectivity index (χ3v) is 2.90. The molecule has 17 heavy (non-hydrogen) atoms. The molecule has 0 bridgehead atoms. The van der Waals surface area contributed by atoms with Crippen LogP contribution in [0.25, 0.3) is 0 Å². The molecule has 0 aromatic carbocycles. The predicted molar refractivity (Wildman–Crippen MR) is 71.8 cm³/mol. The summed E-state index contributed by atoms with van der Waals surface area (Å²) in [5.41, 5.74) is 1.06. The molecule has 0 saturated heterocycles. The van der Waals surface area contributed by atoms with E-state index in [1.807, 2.05) is 13.1 Å². The number of anilines is 1. The Morgan fingerprint density at radius 2 is 2.29 bits per heavy atom. The number of nitrogens with one attached hydrogen (secondary N) is 1. The minimum absolute atomic E-state index is 0.694. The summed E-state index contributed by atoms with van der Waals surface area (Å²) < 4.78 is 5.09. The number of methoxy groups -OCH3 is 1. The van der Waals surface area contributed by atoms with E-state index in [1.54, 1.807) is 13.3 Å². The van der Waals surface area contributed by atoms with Crippen LogP contribution in [0.3, 0.4) is 0 Å². The maximum absolute atomic E-state index is 6.08. The van der Waals surface area contributed by atoms with Crippen LogP contribution in [-0.4, -0.2) is 38.8 Å². The van der Waals surface area contributed by atoms with Crippen molar-refractivity contribution < 1.29 is 4.74 Å². The van der Waals surface area contributed by atoms with E-state index in [1.165, 1.54) is 0 Å². The number of hydrogen-bond acceptors (Lipinski definition) is 4. The van der Waals surface area contributed by atoms with E-state index in [0.717, 1.165) is 31.0 Å². The summed E-state index contributed by atoms with van der Waals surface area (Å²) >= 11 is 6.08. The van der Waals surface area contributed by atoms with Gasteiger partial charge in [0.15, 0.2) is 0 Å². The van der Waals surface area contributed by atoms with Gasteiger partial charge in [0.25, 0.3) is 0 Å². The van der Waals surface area contributed by atoms with E-state index in [9.17, 15) is 0 Å². The third kappa shape index (κ3) is 4.15. The van der Waals surface area contributed by atoms with Gasteiger partial charge in [-0.2, -0.15) is 0 Å². The van der Waals surface area contributed by atoms with Crippen LogP contribution in [0.15, 0.2) is 12.3 Å². The van der Waals surface area contributed by atoms with Gasteiger partial charge in [-0.15, -0.1) is 0 Å². The molecule has 0 spiro atoms. The summed E-state index contributed by atoms with van der Waals surface area (Å²) in [7, 11) is 3.61. The molecule has 0 radical (unpaired) electrons. The van der Waals surface area contributed by atoms with E-state index in [4.69, 9.17) is 16.3 Å². The molecule has 1 aromatic heterocycles. The molecule has 1 aromatic rings. The van der Waals surface area contributed by atoms with E-state index in [2.05, 4.69) is 22.1 Å². The van der Waals surface area contributed by atoms with Crippen LogP contribution in [0, 0.1) is 0 Å². The van der Waals surface area contributed by atoms with Crippen LogP contribution < -0.4 is 10.2 Å². The average Bonchev–Trinajstić information content (AvgIpc) is 2.34. The Bertz CT molecular complexity index is 347. The van der Waals surface area contributed by atoms with Crippen LogP contribution in [0.4, 0.5) is 5.82 Å². The van der Waals surface area contributed by atoms with Gasteiger partial charge in [0.2, 0.25) is 0 Å². The smallest absolute Gasteiger partial charge is 0.128 e. The first-order valence-electron chi connectivity index (χ1n) is 5.75. The highest BCUT2D eigenvalue weighted by Crippen LogP contribution is 2.20. The minimum atomic E-state index is 0.694. The molecule has 1 rings (SSSR count). The summed E-state index contributed by atoms with van der Waals surface area (Å²) in [5, 5.41) is 3.80. The van der Waals surface area contributed by atoms with Crippen LogP contribution in [0.2, 0.25) is 5.02 Å². The molecule has 1 heterocycles. The Morgan fingerprint density at radius 3 is 2.88 bits per heavy atom. The fraction of sp³-hybridized carbons (Fsp3) is 0.583. The highest BCUT2D eigenvalue weighted by molar-refractivity contribution is 6.31. The average molecular weight is 258 g/mol. The Labute approximate surface area is 108 Å². The van der Waals surface area contributed by atoms with Gasteiger partial charge in [0, 0.05) is 32.9 Å². The van der Waals surface area contributed by atoms with Gasteiger partial charge in [-0.05, 0) is 25.6 Å². The first kappa shape index (κ1) is 14.2. The third-order valence-electron chi connectivity index (χ3n) is 2.56. The first-order chi connectivity index (χ1) is 8.22. The number of nitrogens with zero attached hydrogens (tertiary/aromatic N) is 2. The Morgan fingerprint density at radius 1 is 1.53 bits per heavy atom. The molecule has 0 saturated carbocycles. The zero-order chi connectivity index (χ0) is 12.7. The van der Waals surface area contributed by atoms with Gasteiger partial charge in [0.1, 0.15) is 5.82 Å². The summed E-state index contributed by atoms with van der Waals surface area (Å²) in [6.45, 7) is 5.27. The highest BCUT2D eigenvalue weighted by atomic mass is 35.5. The molecular weight excluding hydrogens is 238 g/mol. The molecular formula is C12H20ClN3O. The van der Waals surface area contributed by atoms with Crippen molar-refractivity contribution in [2.45, 2.75) is 13.5 Å². The minimum Gasteiger partial charge on any atom is -0.383 e. The molecule has 0 aliphatic carbocycles. The Kier molecular flexibility index (Phi) is 6.26.